The van der Waals surface area contributed by atoms with Gasteiger partial charge in [-0.2, -0.15) is 0 Å². The standard InChI is InChI=1S/C10H11NO.C2H7N/c1-2-7-6-11-10-4-3-8(12)5-9(7)10;1-3-2/h3-6,11-12H,2H2,1H3;3H,1-2H3. The number of hydrogen-bond donors (Lipinski definition) is 3. The molecule has 0 fully saturated rings. The van der Waals surface area contributed by atoms with Gasteiger partial charge in [0.1, 0.15) is 5.75 Å². The number of aromatic hydroxyl groups is 1. The van der Waals surface area contributed by atoms with Crippen LogP contribution < -0.4 is 5.32 Å². The third-order valence-electron chi connectivity index (χ3n) is 2.13. The first-order valence-electron chi connectivity index (χ1n) is 5.10. The van der Waals surface area contributed by atoms with E-state index in [0.29, 0.717) is 5.75 Å². The van der Waals surface area contributed by atoms with Gasteiger partial charge in [0.2, 0.25) is 0 Å². The lowest BCUT2D eigenvalue weighted by molar-refractivity contribution is 0.476. The summed E-state index contributed by atoms with van der Waals surface area (Å²) in [6, 6.07) is 5.38. The van der Waals surface area contributed by atoms with Crippen molar-refractivity contribution in [1.29, 1.82) is 0 Å². The van der Waals surface area contributed by atoms with Gasteiger partial charge in [0.25, 0.3) is 0 Å². The lowest BCUT2D eigenvalue weighted by atomic mass is 10.1. The van der Waals surface area contributed by atoms with Gasteiger partial charge in [-0.25, -0.2) is 0 Å². The summed E-state index contributed by atoms with van der Waals surface area (Å²) in [4.78, 5) is 3.16. The van der Waals surface area contributed by atoms with Gasteiger partial charge in [-0.15, -0.1) is 0 Å². The highest BCUT2D eigenvalue weighted by Gasteiger charge is 2.01. The number of aryl methyl sites for hydroxylation is 1. The molecule has 0 radical (unpaired) electrons. The highest BCUT2D eigenvalue weighted by molar-refractivity contribution is 5.84. The minimum absolute atomic E-state index is 0.330. The van der Waals surface area contributed by atoms with Crippen LogP contribution in [0.4, 0.5) is 0 Å². The van der Waals surface area contributed by atoms with E-state index < -0.39 is 0 Å². The van der Waals surface area contributed by atoms with Crippen molar-refractivity contribution in [2.75, 3.05) is 14.1 Å². The number of nitrogens with one attached hydrogen (secondary N) is 2. The van der Waals surface area contributed by atoms with Gasteiger partial charge in [0, 0.05) is 17.1 Å². The molecular formula is C12H18N2O. The van der Waals surface area contributed by atoms with Crippen LogP contribution in [0.3, 0.4) is 0 Å². The average molecular weight is 206 g/mol. The molecule has 1 aromatic heterocycles. The molecule has 0 saturated heterocycles. The van der Waals surface area contributed by atoms with Crippen molar-refractivity contribution in [1.82, 2.24) is 10.3 Å². The Labute approximate surface area is 90.1 Å². The number of hydrogen-bond acceptors (Lipinski definition) is 2. The smallest absolute Gasteiger partial charge is 0.116 e. The molecule has 3 N–H and O–H groups in total. The molecule has 0 saturated carbocycles. The lowest BCUT2D eigenvalue weighted by Gasteiger charge is -1.94. The van der Waals surface area contributed by atoms with E-state index in [1.165, 1.54) is 5.56 Å². The van der Waals surface area contributed by atoms with Crippen molar-refractivity contribution in [3.8, 4) is 5.75 Å². The first-order valence-corrected chi connectivity index (χ1v) is 5.10. The van der Waals surface area contributed by atoms with Crippen LogP contribution in [0.15, 0.2) is 24.4 Å². The highest BCUT2D eigenvalue weighted by atomic mass is 16.3. The Bertz CT molecular complexity index is 420. The zero-order valence-electron chi connectivity index (χ0n) is 9.46. The summed E-state index contributed by atoms with van der Waals surface area (Å²) in [5, 5.41) is 13.1. The van der Waals surface area contributed by atoms with Crippen molar-refractivity contribution < 1.29 is 5.11 Å². The number of benzene rings is 1. The zero-order chi connectivity index (χ0) is 11.3. The molecule has 82 valence electrons. The lowest BCUT2D eigenvalue weighted by Crippen LogP contribution is -1.89. The van der Waals surface area contributed by atoms with Crippen LogP contribution in [-0.4, -0.2) is 24.2 Å². The molecule has 3 nitrogen and oxygen atoms in total. The van der Waals surface area contributed by atoms with Crippen LogP contribution in [0.1, 0.15) is 12.5 Å². The van der Waals surface area contributed by atoms with Crippen molar-refractivity contribution in [2.24, 2.45) is 0 Å². The molecule has 0 amide bonds. The molecule has 1 aromatic carbocycles. The molecule has 0 atom stereocenters. The monoisotopic (exact) mass is 206 g/mol. The van der Waals surface area contributed by atoms with E-state index in [2.05, 4.69) is 17.2 Å². The number of phenolic OH excluding ortho intramolecular Hbond substituents is 1. The molecule has 3 heteroatoms. The third-order valence-corrected chi connectivity index (χ3v) is 2.13. The Morgan fingerprint density at radius 3 is 2.60 bits per heavy atom. The molecule has 0 aliphatic carbocycles. The second-order valence-electron chi connectivity index (χ2n) is 3.40. The summed E-state index contributed by atoms with van der Waals surface area (Å²) < 4.78 is 0. The Hall–Kier alpha value is -1.48. The molecule has 15 heavy (non-hydrogen) atoms. The second kappa shape index (κ2) is 5.41. The van der Waals surface area contributed by atoms with Crippen LogP contribution in [0, 0.1) is 0 Å². The molecule has 2 aromatic rings. The minimum atomic E-state index is 0.330. The Kier molecular flexibility index (Phi) is 4.18. The fourth-order valence-electron chi connectivity index (χ4n) is 1.46. The molecule has 2 rings (SSSR count). The Balaban J connectivity index is 0.000000337. The number of H-pyrrole nitrogens is 1. The molecule has 0 unspecified atom stereocenters. The maximum Gasteiger partial charge on any atom is 0.116 e. The summed E-state index contributed by atoms with van der Waals surface area (Å²) in [6.07, 6.45) is 2.98. The predicted molar refractivity (Wildman–Crippen MR) is 64.3 cm³/mol. The van der Waals surface area contributed by atoms with Crippen molar-refractivity contribution in [3.63, 3.8) is 0 Å². The van der Waals surface area contributed by atoms with Gasteiger partial charge >= 0.3 is 0 Å². The van der Waals surface area contributed by atoms with Gasteiger partial charge in [-0.3, -0.25) is 0 Å². The van der Waals surface area contributed by atoms with Crippen LogP contribution in [0.5, 0.6) is 5.75 Å². The van der Waals surface area contributed by atoms with Crippen LogP contribution >= 0.6 is 0 Å². The van der Waals surface area contributed by atoms with E-state index in [9.17, 15) is 5.11 Å². The normalized spacial score (nSPS) is 9.80. The van der Waals surface area contributed by atoms with Crippen LogP contribution in [-0.2, 0) is 6.42 Å². The largest absolute Gasteiger partial charge is 0.508 e. The van der Waals surface area contributed by atoms with E-state index in [1.807, 2.05) is 26.4 Å². The second-order valence-corrected chi connectivity index (χ2v) is 3.40. The molecule has 0 bridgehead atoms. The Morgan fingerprint density at radius 2 is 2.00 bits per heavy atom. The molecule has 0 spiro atoms. The predicted octanol–water partition coefficient (Wildman–Crippen LogP) is 2.27. The average Bonchev–Trinajstić information content (AvgIpc) is 2.61. The molecule has 0 aliphatic heterocycles. The van der Waals surface area contributed by atoms with Gasteiger partial charge in [0.15, 0.2) is 0 Å². The van der Waals surface area contributed by atoms with E-state index in [0.717, 1.165) is 17.3 Å². The summed E-state index contributed by atoms with van der Waals surface area (Å²) in [6.45, 7) is 2.10. The first kappa shape index (κ1) is 11.6. The molecular weight excluding hydrogens is 188 g/mol. The van der Waals surface area contributed by atoms with Crippen LogP contribution in [0.2, 0.25) is 0 Å². The van der Waals surface area contributed by atoms with E-state index >= 15 is 0 Å². The van der Waals surface area contributed by atoms with Crippen molar-refractivity contribution in [2.45, 2.75) is 13.3 Å². The van der Waals surface area contributed by atoms with Gasteiger partial charge in [0.05, 0.1) is 0 Å². The fourth-order valence-corrected chi connectivity index (χ4v) is 1.46. The number of aromatic nitrogens is 1. The maximum atomic E-state index is 9.25. The maximum absolute atomic E-state index is 9.25. The topological polar surface area (TPSA) is 48.0 Å². The van der Waals surface area contributed by atoms with E-state index in [1.54, 1.807) is 12.1 Å². The highest BCUT2D eigenvalue weighted by Crippen LogP contribution is 2.22. The molecule has 1 heterocycles. The fraction of sp³-hybridized carbons (Fsp3) is 0.333. The number of fused-ring (bicyclic) bond motifs is 1. The van der Waals surface area contributed by atoms with E-state index in [-0.39, 0.29) is 0 Å². The van der Waals surface area contributed by atoms with Crippen LogP contribution in [0.25, 0.3) is 10.9 Å². The van der Waals surface area contributed by atoms with Crippen molar-refractivity contribution >= 4 is 10.9 Å². The summed E-state index contributed by atoms with van der Waals surface area (Å²) >= 11 is 0. The van der Waals surface area contributed by atoms with Gasteiger partial charge < -0.3 is 15.4 Å². The SMILES string of the molecule is CCc1c[nH]c2ccc(O)cc12.CNC. The third kappa shape index (κ3) is 2.73. The number of rotatable bonds is 1. The van der Waals surface area contributed by atoms with Crippen molar-refractivity contribution in [3.05, 3.63) is 30.0 Å². The van der Waals surface area contributed by atoms with E-state index in [4.69, 9.17) is 0 Å². The minimum Gasteiger partial charge on any atom is -0.508 e. The number of phenols is 1. The van der Waals surface area contributed by atoms with Gasteiger partial charge in [-0.1, -0.05) is 6.92 Å². The first-order chi connectivity index (χ1) is 7.22. The quantitative estimate of drug-likeness (QED) is 0.670. The summed E-state index contributed by atoms with van der Waals surface area (Å²) in [7, 11) is 3.75. The summed E-state index contributed by atoms with van der Waals surface area (Å²) in [5.74, 6) is 0.330. The zero-order valence-corrected chi connectivity index (χ0v) is 9.46. The Morgan fingerprint density at radius 1 is 1.33 bits per heavy atom. The summed E-state index contributed by atoms with van der Waals surface area (Å²) in [5.41, 5.74) is 2.34. The van der Waals surface area contributed by atoms with Gasteiger partial charge in [-0.05, 0) is 44.3 Å². The molecule has 0 aliphatic rings. The number of aromatic amines is 1.